The third kappa shape index (κ3) is 3.46. The Balaban J connectivity index is 1.46. The van der Waals surface area contributed by atoms with Gasteiger partial charge in [0.2, 0.25) is 0 Å². The van der Waals surface area contributed by atoms with Crippen LogP contribution in [0.1, 0.15) is 18.4 Å². The second kappa shape index (κ2) is 7.02. The fourth-order valence-electron chi connectivity index (χ4n) is 4.46. The van der Waals surface area contributed by atoms with Crippen molar-refractivity contribution in [2.75, 3.05) is 37.6 Å². The molecule has 0 atom stereocenters. The quantitative estimate of drug-likeness (QED) is 0.646. The molecule has 3 heterocycles. The summed E-state index contributed by atoms with van der Waals surface area (Å²) in [4.78, 5) is 4.65. The molecule has 3 aromatic rings. The standard InChI is InChI=1S/C21H21F3N4O/c22-21(23,24)17-6-2-1-5-16(17)15-9-18-20(26-29-25-18)19(10-15)28-12-14(13-28)11-27-7-3-4-8-27/h1-2,5-6,9-10,14H,3-4,7-8,11-13H2. The van der Waals surface area contributed by atoms with Crippen molar-refractivity contribution < 1.29 is 17.8 Å². The number of halogens is 3. The highest BCUT2D eigenvalue weighted by atomic mass is 19.4. The molecule has 5 rings (SSSR count). The van der Waals surface area contributed by atoms with Crippen molar-refractivity contribution in [3.63, 3.8) is 0 Å². The number of hydrogen-bond donors (Lipinski definition) is 0. The molecule has 0 amide bonds. The number of anilines is 1. The number of aromatic nitrogens is 2. The van der Waals surface area contributed by atoms with Gasteiger partial charge < -0.3 is 9.80 Å². The Kier molecular flexibility index (Phi) is 4.46. The Morgan fingerprint density at radius 2 is 1.79 bits per heavy atom. The zero-order chi connectivity index (χ0) is 20.0. The van der Waals surface area contributed by atoms with E-state index in [4.69, 9.17) is 4.63 Å². The monoisotopic (exact) mass is 402 g/mol. The second-order valence-corrected chi connectivity index (χ2v) is 7.95. The molecule has 2 aromatic carbocycles. The SMILES string of the molecule is FC(F)(F)c1ccccc1-c1cc(N2CC(CN3CCCC3)C2)c2nonc2c1. The smallest absolute Gasteiger partial charge is 0.369 e. The molecule has 0 saturated carbocycles. The van der Waals surface area contributed by atoms with E-state index < -0.39 is 11.7 Å². The maximum absolute atomic E-state index is 13.5. The number of rotatable bonds is 4. The van der Waals surface area contributed by atoms with Gasteiger partial charge in [-0.05, 0) is 65.6 Å². The van der Waals surface area contributed by atoms with E-state index in [1.807, 2.05) is 0 Å². The number of alkyl halides is 3. The number of likely N-dealkylation sites (tertiary alicyclic amines) is 1. The summed E-state index contributed by atoms with van der Waals surface area (Å²) < 4.78 is 45.4. The number of hydrogen-bond acceptors (Lipinski definition) is 5. The van der Waals surface area contributed by atoms with Gasteiger partial charge in [0, 0.05) is 25.6 Å². The Hall–Kier alpha value is -2.61. The summed E-state index contributed by atoms with van der Waals surface area (Å²) in [6, 6.07) is 9.01. The zero-order valence-electron chi connectivity index (χ0n) is 15.8. The van der Waals surface area contributed by atoms with Gasteiger partial charge in [0.05, 0.1) is 11.3 Å². The van der Waals surface area contributed by atoms with Gasteiger partial charge in [0.25, 0.3) is 0 Å². The molecule has 29 heavy (non-hydrogen) atoms. The Morgan fingerprint density at radius 3 is 2.55 bits per heavy atom. The van der Waals surface area contributed by atoms with Crippen LogP contribution in [0.3, 0.4) is 0 Å². The summed E-state index contributed by atoms with van der Waals surface area (Å²) in [6.07, 6.45) is -1.89. The van der Waals surface area contributed by atoms with Crippen molar-refractivity contribution in [3.05, 3.63) is 42.0 Å². The molecule has 0 aliphatic carbocycles. The van der Waals surface area contributed by atoms with E-state index in [2.05, 4.69) is 20.1 Å². The first-order chi connectivity index (χ1) is 14.0. The van der Waals surface area contributed by atoms with E-state index in [0.717, 1.165) is 44.5 Å². The van der Waals surface area contributed by atoms with Crippen LogP contribution in [-0.4, -0.2) is 47.9 Å². The first kappa shape index (κ1) is 18.4. The fourth-order valence-corrected chi connectivity index (χ4v) is 4.46. The molecule has 2 aliphatic rings. The third-order valence-corrected chi connectivity index (χ3v) is 5.90. The van der Waals surface area contributed by atoms with E-state index in [1.54, 1.807) is 18.2 Å². The zero-order valence-corrected chi connectivity index (χ0v) is 15.8. The maximum atomic E-state index is 13.5. The van der Waals surface area contributed by atoms with E-state index in [0.29, 0.717) is 22.5 Å². The van der Waals surface area contributed by atoms with Crippen LogP contribution in [-0.2, 0) is 6.18 Å². The Bertz CT molecular complexity index is 1020. The number of benzene rings is 2. The topological polar surface area (TPSA) is 45.4 Å². The minimum atomic E-state index is -4.43. The van der Waals surface area contributed by atoms with Crippen LogP contribution >= 0.6 is 0 Å². The number of nitrogens with zero attached hydrogens (tertiary/aromatic N) is 4. The average Bonchev–Trinajstić information content (AvgIpc) is 3.34. The van der Waals surface area contributed by atoms with Gasteiger partial charge in [-0.3, -0.25) is 0 Å². The normalized spacial score (nSPS) is 18.5. The van der Waals surface area contributed by atoms with Gasteiger partial charge in [0.1, 0.15) is 5.52 Å². The molecule has 8 heteroatoms. The van der Waals surface area contributed by atoms with Gasteiger partial charge in [-0.25, -0.2) is 4.63 Å². The summed E-state index contributed by atoms with van der Waals surface area (Å²) in [7, 11) is 0. The van der Waals surface area contributed by atoms with Crippen molar-refractivity contribution >= 4 is 16.7 Å². The molecule has 0 spiro atoms. The second-order valence-electron chi connectivity index (χ2n) is 7.95. The molecule has 2 fully saturated rings. The lowest BCUT2D eigenvalue weighted by molar-refractivity contribution is -0.137. The largest absolute Gasteiger partial charge is 0.417 e. The van der Waals surface area contributed by atoms with Crippen molar-refractivity contribution in [2.45, 2.75) is 19.0 Å². The molecular weight excluding hydrogens is 381 g/mol. The van der Waals surface area contributed by atoms with Gasteiger partial charge in [-0.2, -0.15) is 13.2 Å². The Labute approximate surface area is 166 Å². The van der Waals surface area contributed by atoms with Crippen LogP contribution in [0.5, 0.6) is 0 Å². The van der Waals surface area contributed by atoms with Crippen LogP contribution in [0, 0.1) is 5.92 Å². The predicted octanol–water partition coefficient (Wildman–Crippen LogP) is 4.44. The van der Waals surface area contributed by atoms with Crippen molar-refractivity contribution in [1.82, 2.24) is 15.2 Å². The molecule has 152 valence electrons. The van der Waals surface area contributed by atoms with Crippen LogP contribution < -0.4 is 4.90 Å². The molecule has 2 saturated heterocycles. The number of fused-ring (bicyclic) bond motifs is 1. The highest BCUT2D eigenvalue weighted by Crippen LogP contribution is 2.40. The summed E-state index contributed by atoms with van der Waals surface area (Å²) in [5.74, 6) is 0.564. The van der Waals surface area contributed by atoms with E-state index in [9.17, 15) is 13.2 Å². The van der Waals surface area contributed by atoms with Crippen LogP contribution in [0.2, 0.25) is 0 Å². The van der Waals surface area contributed by atoms with Gasteiger partial charge in [-0.15, -0.1) is 0 Å². The summed E-state index contributed by atoms with van der Waals surface area (Å²) in [6.45, 7) is 5.13. The molecule has 0 N–H and O–H groups in total. The summed E-state index contributed by atoms with van der Waals surface area (Å²) >= 11 is 0. The Morgan fingerprint density at radius 1 is 1.03 bits per heavy atom. The first-order valence-electron chi connectivity index (χ1n) is 9.89. The van der Waals surface area contributed by atoms with Crippen molar-refractivity contribution in [1.29, 1.82) is 0 Å². The van der Waals surface area contributed by atoms with Gasteiger partial charge >= 0.3 is 6.18 Å². The van der Waals surface area contributed by atoms with Crippen LogP contribution in [0.15, 0.2) is 41.0 Å². The van der Waals surface area contributed by atoms with Gasteiger partial charge in [-0.1, -0.05) is 18.2 Å². The molecule has 0 bridgehead atoms. The lowest BCUT2D eigenvalue weighted by Gasteiger charge is -2.42. The first-order valence-corrected chi connectivity index (χ1v) is 9.89. The third-order valence-electron chi connectivity index (χ3n) is 5.90. The highest BCUT2D eigenvalue weighted by molar-refractivity contribution is 5.93. The molecule has 2 aliphatic heterocycles. The summed E-state index contributed by atoms with van der Waals surface area (Å²) in [5, 5.41) is 7.89. The van der Waals surface area contributed by atoms with Crippen LogP contribution in [0.4, 0.5) is 18.9 Å². The van der Waals surface area contributed by atoms with Crippen molar-refractivity contribution in [3.8, 4) is 11.1 Å². The average molecular weight is 402 g/mol. The lowest BCUT2D eigenvalue weighted by atomic mass is 9.95. The van der Waals surface area contributed by atoms with E-state index in [1.165, 1.54) is 25.0 Å². The molecule has 0 unspecified atom stereocenters. The molecule has 1 aromatic heterocycles. The molecule has 5 nitrogen and oxygen atoms in total. The summed E-state index contributed by atoms with van der Waals surface area (Å²) in [5.41, 5.74) is 1.81. The van der Waals surface area contributed by atoms with Gasteiger partial charge in [0.15, 0.2) is 5.52 Å². The maximum Gasteiger partial charge on any atom is 0.417 e. The fraction of sp³-hybridized carbons (Fsp3) is 0.429. The van der Waals surface area contributed by atoms with E-state index >= 15 is 0 Å². The van der Waals surface area contributed by atoms with Crippen molar-refractivity contribution in [2.24, 2.45) is 5.92 Å². The predicted molar refractivity (Wildman–Crippen MR) is 104 cm³/mol. The lowest BCUT2D eigenvalue weighted by Crippen LogP contribution is -2.51. The molecule has 0 radical (unpaired) electrons. The minimum Gasteiger partial charge on any atom is -0.369 e. The highest BCUT2D eigenvalue weighted by Gasteiger charge is 2.35. The molecular formula is C21H21F3N4O. The minimum absolute atomic E-state index is 0.139. The van der Waals surface area contributed by atoms with E-state index in [-0.39, 0.29) is 5.56 Å². The van der Waals surface area contributed by atoms with Crippen LogP contribution in [0.25, 0.3) is 22.2 Å².